The number of para-hydroxylation sites is 1. The third kappa shape index (κ3) is 6.50. The molecule has 2 N–H and O–H groups in total. The highest BCUT2D eigenvalue weighted by Crippen LogP contribution is 2.39. The summed E-state index contributed by atoms with van der Waals surface area (Å²) in [6.07, 6.45) is 0. The average molecular weight is 567 g/mol. The average Bonchev–Trinajstić information content (AvgIpc) is 2.90. The molecule has 1 aromatic heterocycles. The standard InChI is InChI=1S/C29H27ClN2O6S/c1-4-35-24-14-18(15-25(36-5-2)26(24)37-6-3)27(33)32-29(39)31-19-11-12-20(22(30)16-19)21-13-17-9-7-8-10-23(17)38-28(21)34/h7-16H,4-6H2,1-3H3,(H2,31,32,33,39). The van der Waals surface area contributed by atoms with E-state index in [0.717, 1.165) is 5.39 Å². The fraction of sp³-hybridized carbons (Fsp3) is 0.207. The van der Waals surface area contributed by atoms with Gasteiger partial charge in [-0.15, -0.1) is 0 Å². The summed E-state index contributed by atoms with van der Waals surface area (Å²) in [6.45, 7) is 6.71. The van der Waals surface area contributed by atoms with E-state index in [4.69, 9.17) is 42.4 Å². The molecule has 0 atom stereocenters. The van der Waals surface area contributed by atoms with E-state index in [1.807, 2.05) is 32.9 Å². The number of halogens is 1. The lowest BCUT2D eigenvalue weighted by Gasteiger charge is -2.17. The first-order valence-electron chi connectivity index (χ1n) is 12.4. The third-order valence-corrected chi connectivity index (χ3v) is 6.07. The molecule has 0 aliphatic heterocycles. The maximum Gasteiger partial charge on any atom is 0.344 e. The Bertz CT molecular complexity index is 1560. The van der Waals surface area contributed by atoms with E-state index >= 15 is 0 Å². The van der Waals surface area contributed by atoms with Crippen molar-refractivity contribution in [3.63, 3.8) is 0 Å². The van der Waals surface area contributed by atoms with Crippen molar-refractivity contribution in [2.75, 3.05) is 25.1 Å². The van der Waals surface area contributed by atoms with E-state index in [1.54, 1.807) is 48.5 Å². The van der Waals surface area contributed by atoms with E-state index in [-0.39, 0.29) is 10.7 Å². The second kappa shape index (κ2) is 12.6. The number of anilines is 1. The van der Waals surface area contributed by atoms with Crippen LogP contribution in [0.1, 0.15) is 31.1 Å². The van der Waals surface area contributed by atoms with E-state index in [1.165, 1.54) is 0 Å². The molecule has 202 valence electrons. The van der Waals surface area contributed by atoms with Gasteiger partial charge in [-0.2, -0.15) is 0 Å². The molecule has 0 bridgehead atoms. The van der Waals surface area contributed by atoms with E-state index in [0.29, 0.717) is 64.5 Å². The summed E-state index contributed by atoms with van der Waals surface area (Å²) < 4.78 is 22.5. The minimum Gasteiger partial charge on any atom is -0.490 e. The first kappa shape index (κ1) is 27.9. The first-order valence-corrected chi connectivity index (χ1v) is 13.1. The monoisotopic (exact) mass is 566 g/mol. The van der Waals surface area contributed by atoms with Gasteiger partial charge in [-0.3, -0.25) is 10.1 Å². The number of carbonyl (C=O) groups excluding carboxylic acids is 1. The van der Waals surface area contributed by atoms with Crippen molar-refractivity contribution in [2.45, 2.75) is 20.8 Å². The number of hydrogen-bond donors (Lipinski definition) is 2. The predicted octanol–water partition coefficient (Wildman–Crippen LogP) is 6.44. The molecule has 0 saturated heterocycles. The number of amides is 1. The second-order valence-corrected chi connectivity index (χ2v) is 9.00. The summed E-state index contributed by atoms with van der Waals surface area (Å²) in [7, 11) is 0. The first-order chi connectivity index (χ1) is 18.8. The summed E-state index contributed by atoms with van der Waals surface area (Å²) in [4.78, 5) is 25.6. The second-order valence-electron chi connectivity index (χ2n) is 8.19. The molecule has 0 radical (unpaired) electrons. The maximum atomic E-state index is 13.0. The van der Waals surface area contributed by atoms with Crippen LogP contribution in [0.15, 0.2) is 69.9 Å². The van der Waals surface area contributed by atoms with Gasteiger partial charge in [0.05, 0.1) is 30.4 Å². The number of benzene rings is 3. The summed E-state index contributed by atoms with van der Waals surface area (Å²) in [6, 6.07) is 17.1. The number of fused-ring (bicyclic) bond motifs is 1. The molecule has 1 heterocycles. The molecule has 0 aliphatic rings. The Morgan fingerprint density at radius 1 is 0.897 bits per heavy atom. The van der Waals surface area contributed by atoms with Crippen LogP contribution in [-0.2, 0) is 0 Å². The predicted molar refractivity (Wildman–Crippen MR) is 157 cm³/mol. The van der Waals surface area contributed by atoms with Gasteiger partial charge in [-0.1, -0.05) is 35.9 Å². The van der Waals surface area contributed by atoms with Crippen molar-refractivity contribution in [3.8, 4) is 28.4 Å². The molecule has 0 aliphatic carbocycles. The zero-order chi connectivity index (χ0) is 27.9. The van der Waals surface area contributed by atoms with Crippen molar-refractivity contribution in [2.24, 2.45) is 0 Å². The van der Waals surface area contributed by atoms with Crippen LogP contribution in [0.3, 0.4) is 0 Å². The largest absolute Gasteiger partial charge is 0.490 e. The molecule has 0 fully saturated rings. The lowest BCUT2D eigenvalue weighted by molar-refractivity contribution is 0.0976. The SMILES string of the molecule is CCOc1cc(C(=O)NC(=S)Nc2ccc(-c3cc4ccccc4oc3=O)c(Cl)c2)cc(OCC)c1OCC. The smallest absolute Gasteiger partial charge is 0.344 e. The van der Waals surface area contributed by atoms with Gasteiger partial charge in [0.1, 0.15) is 5.58 Å². The Morgan fingerprint density at radius 3 is 2.21 bits per heavy atom. The number of carbonyl (C=O) groups is 1. The molecular weight excluding hydrogens is 540 g/mol. The molecule has 10 heteroatoms. The summed E-state index contributed by atoms with van der Waals surface area (Å²) in [5.41, 5.74) is 1.66. The summed E-state index contributed by atoms with van der Waals surface area (Å²) in [5, 5.41) is 6.74. The Labute approximate surface area is 235 Å². The lowest BCUT2D eigenvalue weighted by Crippen LogP contribution is -2.34. The molecule has 39 heavy (non-hydrogen) atoms. The summed E-state index contributed by atoms with van der Waals surface area (Å²) >= 11 is 11.9. The van der Waals surface area contributed by atoms with E-state index in [9.17, 15) is 9.59 Å². The van der Waals surface area contributed by atoms with Crippen molar-refractivity contribution in [3.05, 3.63) is 81.7 Å². The van der Waals surface area contributed by atoms with Crippen LogP contribution in [0.4, 0.5) is 5.69 Å². The van der Waals surface area contributed by atoms with E-state index < -0.39 is 11.5 Å². The van der Waals surface area contributed by atoms with Gasteiger partial charge in [0.25, 0.3) is 5.91 Å². The number of ether oxygens (including phenoxy) is 3. The lowest BCUT2D eigenvalue weighted by atomic mass is 10.1. The maximum absolute atomic E-state index is 13.0. The van der Waals surface area contributed by atoms with Crippen LogP contribution in [0.2, 0.25) is 5.02 Å². The molecule has 0 saturated carbocycles. The molecule has 4 rings (SSSR count). The van der Waals surface area contributed by atoms with Gasteiger partial charge in [0.2, 0.25) is 5.75 Å². The van der Waals surface area contributed by atoms with Crippen LogP contribution < -0.4 is 30.5 Å². The number of nitrogens with one attached hydrogen (secondary N) is 2. The van der Waals surface area contributed by atoms with Crippen molar-refractivity contribution < 1.29 is 23.4 Å². The van der Waals surface area contributed by atoms with Gasteiger partial charge in [-0.05, 0) is 69.4 Å². The molecule has 0 unspecified atom stereocenters. The molecule has 8 nitrogen and oxygen atoms in total. The van der Waals surface area contributed by atoms with Gasteiger partial charge >= 0.3 is 5.63 Å². The number of thiocarbonyl (C=S) groups is 1. The molecule has 4 aromatic rings. The Balaban J connectivity index is 1.52. The van der Waals surface area contributed by atoms with Crippen molar-refractivity contribution in [1.82, 2.24) is 5.32 Å². The third-order valence-electron chi connectivity index (χ3n) is 5.56. The van der Waals surface area contributed by atoms with Crippen LogP contribution in [-0.4, -0.2) is 30.8 Å². The number of hydrogen-bond acceptors (Lipinski definition) is 7. The fourth-order valence-electron chi connectivity index (χ4n) is 3.92. The van der Waals surface area contributed by atoms with Crippen LogP contribution >= 0.6 is 23.8 Å². The zero-order valence-electron chi connectivity index (χ0n) is 21.6. The van der Waals surface area contributed by atoms with Crippen molar-refractivity contribution in [1.29, 1.82) is 0 Å². The van der Waals surface area contributed by atoms with Gasteiger partial charge in [-0.25, -0.2) is 4.79 Å². The Kier molecular flexibility index (Phi) is 9.06. The van der Waals surface area contributed by atoms with Gasteiger partial charge in [0, 0.05) is 22.2 Å². The Morgan fingerprint density at radius 2 is 1.56 bits per heavy atom. The van der Waals surface area contributed by atoms with Crippen molar-refractivity contribution >= 4 is 51.5 Å². The van der Waals surface area contributed by atoms with E-state index in [2.05, 4.69) is 10.6 Å². The number of rotatable bonds is 9. The highest BCUT2D eigenvalue weighted by atomic mass is 35.5. The van der Waals surface area contributed by atoms with Gasteiger partial charge < -0.3 is 23.9 Å². The molecule has 3 aromatic carbocycles. The normalized spacial score (nSPS) is 10.7. The quantitative estimate of drug-likeness (QED) is 0.176. The zero-order valence-corrected chi connectivity index (χ0v) is 23.2. The topological polar surface area (TPSA) is 99.0 Å². The van der Waals surface area contributed by atoms with Crippen LogP contribution in [0, 0.1) is 0 Å². The minimum atomic E-state index is -0.493. The Hall–Kier alpha value is -4.08. The molecular formula is C29H27ClN2O6S. The fourth-order valence-corrected chi connectivity index (χ4v) is 4.41. The van der Waals surface area contributed by atoms with Gasteiger partial charge in [0.15, 0.2) is 16.6 Å². The highest BCUT2D eigenvalue weighted by molar-refractivity contribution is 7.80. The minimum absolute atomic E-state index is 0.0545. The van der Waals surface area contributed by atoms with Crippen LogP contribution in [0.25, 0.3) is 22.1 Å². The van der Waals surface area contributed by atoms with Crippen LogP contribution in [0.5, 0.6) is 17.2 Å². The molecule has 1 amide bonds. The molecule has 0 spiro atoms. The highest BCUT2D eigenvalue weighted by Gasteiger charge is 2.19. The summed E-state index contributed by atoms with van der Waals surface area (Å²) in [5.74, 6) is 0.771.